The molecule has 2 aromatic rings. The first-order chi connectivity index (χ1) is 7.34. The maximum absolute atomic E-state index is 5.89. The van der Waals surface area contributed by atoms with Gasteiger partial charge < -0.3 is 5.73 Å². The van der Waals surface area contributed by atoms with Crippen LogP contribution >= 0.6 is 11.3 Å². The molecular weight excluding hydrogens is 204 g/mol. The molecule has 15 heavy (non-hydrogen) atoms. The van der Waals surface area contributed by atoms with E-state index < -0.39 is 0 Å². The Morgan fingerprint density at radius 3 is 3.20 bits per heavy atom. The summed E-state index contributed by atoms with van der Waals surface area (Å²) in [5.41, 5.74) is 8.61. The average Bonchev–Trinajstić information content (AvgIpc) is 2.83. The Morgan fingerprint density at radius 2 is 2.40 bits per heavy atom. The van der Waals surface area contributed by atoms with Crippen molar-refractivity contribution in [2.75, 3.05) is 0 Å². The van der Waals surface area contributed by atoms with Gasteiger partial charge in [0.05, 0.1) is 0 Å². The first-order valence-corrected chi connectivity index (χ1v) is 6.01. The van der Waals surface area contributed by atoms with Gasteiger partial charge in [-0.2, -0.15) is 0 Å². The van der Waals surface area contributed by atoms with Crippen molar-refractivity contribution < 1.29 is 0 Å². The van der Waals surface area contributed by atoms with E-state index >= 15 is 0 Å². The van der Waals surface area contributed by atoms with Crippen molar-refractivity contribution in [3.8, 4) is 0 Å². The number of pyridine rings is 1. The highest BCUT2D eigenvalue weighted by Gasteiger charge is 2.16. The maximum Gasteiger partial charge on any atom is 0.123 e. The van der Waals surface area contributed by atoms with Gasteiger partial charge in [-0.1, -0.05) is 6.08 Å². The van der Waals surface area contributed by atoms with E-state index in [1.165, 1.54) is 16.5 Å². The highest BCUT2D eigenvalue weighted by Crippen LogP contribution is 2.34. The van der Waals surface area contributed by atoms with E-state index in [1.54, 1.807) is 11.3 Å². The molecule has 2 heterocycles. The van der Waals surface area contributed by atoms with Crippen LogP contribution in [-0.4, -0.2) is 11.0 Å². The molecule has 0 aliphatic heterocycles. The van der Waals surface area contributed by atoms with Gasteiger partial charge in [-0.05, 0) is 36.1 Å². The Balaban J connectivity index is 2.15. The van der Waals surface area contributed by atoms with Gasteiger partial charge in [0.1, 0.15) is 4.83 Å². The zero-order chi connectivity index (χ0) is 10.3. The summed E-state index contributed by atoms with van der Waals surface area (Å²) in [5.74, 6) is 0. The van der Waals surface area contributed by atoms with Gasteiger partial charge in [0.15, 0.2) is 0 Å². The first-order valence-electron chi connectivity index (χ1n) is 5.13. The summed E-state index contributed by atoms with van der Waals surface area (Å²) in [4.78, 5) is 5.47. The lowest BCUT2D eigenvalue weighted by Gasteiger charge is -1.98. The fourth-order valence-electron chi connectivity index (χ4n) is 2.09. The third-order valence-electron chi connectivity index (χ3n) is 2.86. The minimum atomic E-state index is 0.242. The SMILES string of the molecule is NC1C=C(c2csc3ncccc23)CC1. The van der Waals surface area contributed by atoms with E-state index in [4.69, 9.17) is 5.73 Å². The zero-order valence-electron chi connectivity index (χ0n) is 8.31. The van der Waals surface area contributed by atoms with E-state index in [2.05, 4.69) is 22.5 Å². The molecule has 0 radical (unpaired) electrons. The highest BCUT2D eigenvalue weighted by molar-refractivity contribution is 7.17. The Kier molecular flexibility index (Phi) is 2.08. The predicted octanol–water partition coefficient (Wildman–Crippen LogP) is 2.80. The fraction of sp³-hybridized carbons (Fsp3) is 0.250. The third-order valence-corrected chi connectivity index (χ3v) is 3.76. The van der Waals surface area contributed by atoms with Crippen molar-refractivity contribution in [3.05, 3.63) is 35.3 Å². The predicted molar refractivity (Wildman–Crippen MR) is 64.8 cm³/mol. The minimum absolute atomic E-state index is 0.242. The normalized spacial score (nSPS) is 20.9. The second-order valence-electron chi connectivity index (χ2n) is 3.90. The Bertz CT molecular complexity index is 527. The van der Waals surface area contributed by atoms with Crippen LogP contribution in [0.5, 0.6) is 0 Å². The molecule has 0 saturated carbocycles. The lowest BCUT2D eigenvalue weighted by atomic mass is 10.1. The zero-order valence-corrected chi connectivity index (χ0v) is 9.13. The van der Waals surface area contributed by atoms with Crippen LogP contribution < -0.4 is 5.73 Å². The average molecular weight is 216 g/mol. The molecule has 2 N–H and O–H groups in total. The number of aromatic nitrogens is 1. The van der Waals surface area contributed by atoms with Crippen LogP contribution in [-0.2, 0) is 0 Å². The van der Waals surface area contributed by atoms with Crippen molar-refractivity contribution >= 4 is 27.1 Å². The number of rotatable bonds is 1. The quantitative estimate of drug-likeness (QED) is 0.796. The van der Waals surface area contributed by atoms with Crippen LogP contribution in [0.1, 0.15) is 18.4 Å². The Hall–Kier alpha value is -1.19. The summed E-state index contributed by atoms with van der Waals surface area (Å²) in [6.07, 6.45) is 6.21. The molecule has 1 aliphatic rings. The van der Waals surface area contributed by atoms with Gasteiger partial charge in [-0.25, -0.2) is 4.98 Å². The molecule has 1 atom stereocenters. The molecule has 2 nitrogen and oxygen atoms in total. The summed E-state index contributed by atoms with van der Waals surface area (Å²) < 4.78 is 0. The molecule has 0 aromatic carbocycles. The molecule has 0 spiro atoms. The summed E-state index contributed by atoms with van der Waals surface area (Å²) in [5, 5.41) is 3.46. The monoisotopic (exact) mass is 216 g/mol. The van der Waals surface area contributed by atoms with Crippen LogP contribution in [0.15, 0.2) is 29.8 Å². The number of hydrogen-bond acceptors (Lipinski definition) is 3. The molecule has 0 amide bonds. The highest BCUT2D eigenvalue weighted by atomic mass is 32.1. The number of thiophene rings is 1. The molecule has 3 heteroatoms. The van der Waals surface area contributed by atoms with Gasteiger partial charge in [0.25, 0.3) is 0 Å². The van der Waals surface area contributed by atoms with Crippen molar-refractivity contribution in [2.45, 2.75) is 18.9 Å². The van der Waals surface area contributed by atoms with Crippen LogP contribution in [0.2, 0.25) is 0 Å². The fourth-order valence-corrected chi connectivity index (χ4v) is 3.02. The van der Waals surface area contributed by atoms with E-state index in [-0.39, 0.29) is 6.04 Å². The molecule has 2 aromatic heterocycles. The topological polar surface area (TPSA) is 38.9 Å². The van der Waals surface area contributed by atoms with E-state index in [9.17, 15) is 0 Å². The number of nitrogens with two attached hydrogens (primary N) is 1. The molecule has 0 fully saturated rings. The summed E-state index contributed by atoms with van der Waals surface area (Å²) in [6, 6.07) is 4.37. The van der Waals surface area contributed by atoms with Crippen molar-refractivity contribution in [2.24, 2.45) is 5.73 Å². The minimum Gasteiger partial charge on any atom is -0.324 e. The second kappa shape index (κ2) is 3.43. The first kappa shape index (κ1) is 9.07. The van der Waals surface area contributed by atoms with Gasteiger partial charge in [-0.15, -0.1) is 11.3 Å². The van der Waals surface area contributed by atoms with E-state index in [0.717, 1.165) is 17.7 Å². The summed E-state index contributed by atoms with van der Waals surface area (Å²) in [6.45, 7) is 0. The third kappa shape index (κ3) is 1.48. The van der Waals surface area contributed by atoms with Crippen LogP contribution in [0.3, 0.4) is 0 Å². The molecule has 76 valence electrons. The van der Waals surface area contributed by atoms with Gasteiger partial charge in [0, 0.05) is 23.0 Å². The molecule has 0 bridgehead atoms. The Labute approximate surface area is 92.4 Å². The van der Waals surface area contributed by atoms with E-state index in [1.807, 2.05) is 12.3 Å². The number of hydrogen-bond donors (Lipinski definition) is 1. The van der Waals surface area contributed by atoms with Crippen LogP contribution in [0.25, 0.3) is 15.8 Å². The smallest absolute Gasteiger partial charge is 0.123 e. The standard InChI is InChI=1S/C12H12N2S/c13-9-4-3-8(6-9)11-7-15-12-10(11)2-1-5-14-12/h1-2,5-7,9H,3-4,13H2. The lowest BCUT2D eigenvalue weighted by molar-refractivity contribution is 0.782. The molecule has 1 unspecified atom stereocenters. The van der Waals surface area contributed by atoms with Gasteiger partial charge in [-0.3, -0.25) is 0 Å². The second-order valence-corrected chi connectivity index (χ2v) is 4.76. The Morgan fingerprint density at radius 1 is 1.47 bits per heavy atom. The number of nitrogens with zero attached hydrogens (tertiary/aromatic N) is 1. The molecule has 1 aliphatic carbocycles. The number of fused-ring (bicyclic) bond motifs is 1. The lowest BCUT2D eigenvalue weighted by Crippen LogP contribution is -2.11. The maximum atomic E-state index is 5.89. The van der Waals surface area contributed by atoms with Crippen LogP contribution in [0, 0.1) is 0 Å². The van der Waals surface area contributed by atoms with Crippen molar-refractivity contribution in [1.82, 2.24) is 4.98 Å². The van der Waals surface area contributed by atoms with E-state index in [0.29, 0.717) is 0 Å². The van der Waals surface area contributed by atoms with Gasteiger partial charge in [0.2, 0.25) is 0 Å². The molecule has 0 saturated heterocycles. The molecular formula is C12H12N2S. The summed E-state index contributed by atoms with van der Waals surface area (Å²) >= 11 is 1.71. The van der Waals surface area contributed by atoms with Crippen LogP contribution in [0.4, 0.5) is 0 Å². The molecule has 3 rings (SSSR count). The van der Waals surface area contributed by atoms with Gasteiger partial charge >= 0.3 is 0 Å². The van der Waals surface area contributed by atoms with Crippen molar-refractivity contribution in [1.29, 1.82) is 0 Å². The largest absolute Gasteiger partial charge is 0.324 e. The van der Waals surface area contributed by atoms with Crippen molar-refractivity contribution in [3.63, 3.8) is 0 Å². The number of allylic oxidation sites excluding steroid dienone is 1. The summed E-state index contributed by atoms with van der Waals surface area (Å²) in [7, 11) is 0.